The second-order valence-electron chi connectivity index (χ2n) is 5.40. The van der Waals surface area contributed by atoms with Gasteiger partial charge in [-0.05, 0) is 25.5 Å². The molecule has 0 radical (unpaired) electrons. The third-order valence-electron chi connectivity index (χ3n) is 2.65. The number of benzene rings is 1. The summed E-state index contributed by atoms with van der Waals surface area (Å²) in [6.45, 7) is 4.06. The van der Waals surface area contributed by atoms with Crippen LogP contribution in [0.1, 0.15) is 26.3 Å². The second kappa shape index (κ2) is 9.86. The van der Waals surface area contributed by atoms with Crippen molar-refractivity contribution in [1.82, 2.24) is 16.0 Å². The van der Waals surface area contributed by atoms with Gasteiger partial charge in [0, 0.05) is 13.0 Å². The lowest BCUT2D eigenvalue weighted by Gasteiger charge is -2.11. The molecule has 8 heteroatoms. The molecule has 0 saturated heterocycles. The Morgan fingerprint density at radius 3 is 2.28 bits per heavy atom. The number of hydrogen-bond donors (Lipinski definition) is 3. The van der Waals surface area contributed by atoms with Gasteiger partial charge < -0.3 is 15.4 Å². The molecule has 0 aliphatic heterocycles. The maximum atomic E-state index is 12.1. The first-order valence-electron chi connectivity index (χ1n) is 7.59. The summed E-state index contributed by atoms with van der Waals surface area (Å²) >= 11 is 0. The van der Waals surface area contributed by atoms with Gasteiger partial charge in [-0.15, -0.1) is 0 Å². The molecular weight excluding hydrogens is 326 g/mol. The minimum absolute atomic E-state index is 0.113. The third kappa shape index (κ3) is 8.31. The van der Waals surface area contributed by atoms with E-state index in [0.717, 1.165) is 0 Å². The van der Waals surface area contributed by atoms with E-state index in [9.17, 15) is 19.2 Å². The minimum Gasteiger partial charge on any atom is -0.451 e. The predicted octanol–water partition coefficient (Wildman–Crippen LogP) is 0.941. The molecule has 0 spiro atoms. The topological polar surface area (TPSA) is 114 Å². The molecule has 25 heavy (non-hydrogen) atoms. The van der Waals surface area contributed by atoms with E-state index in [0.29, 0.717) is 5.56 Å². The molecule has 0 unspecified atom stereocenters. The van der Waals surface area contributed by atoms with E-state index >= 15 is 0 Å². The Morgan fingerprint density at radius 2 is 1.72 bits per heavy atom. The van der Waals surface area contributed by atoms with Gasteiger partial charge in [0.25, 0.3) is 5.91 Å². The maximum absolute atomic E-state index is 12.1. The molecule has 1 aromatic carbocycles. The van der Waals surface area contributed by atoms with Crippen molar-refractivity contribution in [1.29, 1.82) is 0 Å². The Kier molecular flexibility index (Phi) is 7.85. The van der Waals surface area contributed by atoms with Crippen LogP contribution in [0.2, 0.25) is 0 Å². The molecule has 3 N–H and O–H groups in total. The summed E-state index contributed by atoms with van der Waals surface area (Å²) in [5.41, 5.74) is 0.557. The Morgan fingerprint density at radius 1 is 1.08 bits per heavy atom. The molecule has 1 rings (SSSR count). The molecule has 1 aromatic rings. The van der Waals surface area contributed by atoms with Crippen LogP contribution in [0, 0.1) is 0 Å². The highest BCUT2D eigenvalue weighted by atomic mass is 16.5. The van der Waals surface area contributed by atoms with Crippen LogP contribution in [0.15, 0.2) is 36.0 Å². The van der Waals surface area contributed by atoms with Crippen LogP contribution in [0.5, 0.6) is 0 Å². The summed E-state index contributed by atoms with van der Waals surface area (Å²) < 4.78 is 4.83. The Bertz CT molecular complexity index is 668. The Hall–Kier alpha value is -3.16. The van der Waals surface area contributed by atoms with Crippen molar-refractivity contribution in [3.8, 4) is 0 Å². The number of esters is 1. The molecule has 0 atom stereocenters. The lowest BCUT2D eigenvalue weighted by molar-refractivity contribution is -0.145. The molecule has 0 fully saturated rings. The first-order chi connectivity index (χ1) is 11.8. The van der Waals surface area contributed by atoms with E-state index in [1.165, 1.54) is 13.0 Å². The van der Waals surface area contributed by atoms with Crippen molar-refractivity contribution in [2.75, 3.05) is 6.61 Å². The largest absolute Gasteiger partial charge is 0.451 e. The summed E-state index contributed by atoms with van der Waals surface area (Å²) in [7, 11) is 0. The highest BCUT2D eigenvalue weighted by Gasteiger charge is 2.16. The lowest BCUT2D eigenvalue weighted by Crippen LogP contribution is -2.44. The number of nitrogens with one attached hydrogen (secondary N) is 3. The molecule has 4 amide bonds. The highest BCUT2D eigenvalue weighted by molar-refractivity contribution is 6.00. The molecule has 0 aliphatic carbocycles. The van der Waals surface area contributed by atoms with E-state index in [1.807, 2.05) is 5.32 Å². The molecule has 0 aliphatic rings. The summed E-state index contributed by atoms with van der Waals surface area (Å²) in [4.78, 5) is 46.3. The van der Waals surface area contributed by atoms with Crippen molar-refractivity contribution in [2.45, 2.75) is 26.8 Å². The van der Waals surface area contributed by atoms with Crippen LogP contribution >= 0.6 is 0 Å². The van der Waals surface area contributed by atoms with E-state index in [4.69, 9.17) is 4.74 Å². The van der Waals surface area contributed by atoms with Crippen molar-refractivity contribution in [3.05, 3.63) is 41.6 Å². The number of ether oxygens (including phenoxy) is 1. The fourth-order valence-corrected chi connectivity index (χ4v) is 1.72. The number of rotatable bonds is 6. The van der Waals surface area contributed by atoms with Gasteiger partial charge in [0.15, 0.2) is 6.61 Å². The van der Waals surface area contributed by atoms with Gasteiger partial charge >= 0.3 is 12.0 Å². The van der Waals surface area contributed by atoms with Crippen LogP contribution in [-0.4, -0.2) is 36.5 Å². The van der Waals surface area contributed by atoms with E-state index < -0.39 is 30.4 Å². The van der Waals surface area contributed by atoms with Crippen LogP contribution in [0.25, 0.3) is 6.08 Å². The minimum atomic E-state index is -0.890. The summed E-state index contributed by atoms with van der Waals surface area (Å²) in [6, 6.07) is 7.98. The summed E-state index contributed by atoms with van der Waals surface area (Å²) in [6.07, 6.45) is 1.42. The molecule has 134 valence electrons. The highest BCUT2D eigenvalue weighted by Crippen LogP contribution is 2.06. The van der Waals surface area contributed by atoms with Crippen LogP contribution < -0.4 is 16.0 Å². The average Bonchev–Trinajstić information content (AvgIpc) is 2.51. The standard InChI is InChI=1S/C17H21N3O5/c1-11(2)18-17(24)20-15(22)10-25-16(23)14(19-12(3)21)9-13-7-5-4-6-8-13/h4-9,11H,10H2,1-3H3,(H,19,21)(H2,18,20,22,24)/b14-9-. The number of carbonyl (C=O) groups is 4. The smallest absolute Gasteiger partial charge is 0.355 e. The van der Waals surface area contributed by atoms with Crippen LogP contribution in [0.3, 0.4) is 0 Å². The maximum Gasteiger partial charge on any atom is 0.355 e. The summed E-state index contributed by atoms with van der Waals surface area (Å²) in [5, 5.41) is 6.84. The van der Waals surface area contributed by atoms with Crippen molar-refractivity contribution >= 4 is 29.9 Å². The molecule has 0 heterocycles. The van der Waals surface area contributed by atoms with E-state index in [2.05, 4.69) is 10.6 Å². The molecule has 0 bridgehead atoms. The fourth-order valence-electron chi connectivity index (χ4n) is 1.72. The molecular formula is C17H21N3O5. The number of hydrogen-bond acceptors (Lipinski definition) is 5. The van der Waals surface area contributed by atoms with Gasteiger partial charge in [-0.25, -0.2) is 9.59 Å². The molecule has 8 nitrogen and oxygen atoms in total. The normalized spacial score (nSPS) is 10.8. The zero-order valence-corrected chi connectivity index (χ0v) is 14.3. The number of imide groups is 1. The number of urea groups is 1. The predicted molar refractivity (Wildman–Crippen MR) is 91.0 cm³/mol. The van der Waals surface area contributed by atoms with E-state index in [-0.39, 0.29) is 11.7 Å². The molecule has 0 aromatic heterocycles. The van der Waals surface area contributed by atoms with Crippen molar-refractivity contribution in [2.24, 2.45) is 0 Å². The third-order valence-corrected chi connectivity index (χ3v) is 2.65. The van der Waals surface area contributed by atoms with Gasteiger partial charge in [0.2, 0.25) is 5.91 Å². The SMILES string of the molecule is CC(=O)N/C(=C\c1ccccc1)C(=O)OCC(=O)NC(=O)NC(C)C. The van der Waals surface area contributed by atoms with Gasteiger partial charge in [0.1, 0.15) is 5.70 Å². The van der Waals surface area contributed by atoms with Gasteiger partial charge in [0.05, 0.1) is 0 Å². The summed E-state index contributed by atoms with van der Waals surface area (Å²) in [5.74, 6) is -2.13. The van der Waals surface area contributed by atoms with Crippen molar-refractivity contribution in [3.63, 3.8) is 0 Å². The Balaban J connectivity index is 2.67. The number of amides is 4. The van der Waals surface area contributed by atoms with Crippen LogP contribution in [0.4, 0.5) is 4.79 Å². The average molecular weight is 347 g/mol. The first-order valence-corrected chi connectivity index (χ1v) is 7.59. The zero-order valence-electron chi connectivity index (χ0n) is 14.3. The number of carbonyl (C=O) groups excluding carboxylic acids is 4. The molecule has 0 saturated carbocycles. The van der Waals surface area contributed by atoms with Gasteiger partial charge in [-0.3, -0.25) is 14.9 Å². The quantitative estimate of drug-likeness (QED) is 0.523. The van der Waals surface area contributed by atoms with Crippen LogP contribution in [-0.2, 0) is 19.1 Å². The van der Waals surface area contributed by atoms with Gasteiger partial charge in [-0.1, -0.05) is 30.3 Å². The fraction of sp³-hybridized carbons (Fsp3) is 0.294. The second-order valence-corrected chi connectivity index (χ2v) is 5.40. The first kappa shape index (κ1) is 19.9. The van der Waals surface area contributed by atoms with Gasteiger partial charge in [-0.2, -0.15) is 0 Å². The lowest BCUT2D eigenvalue weighted by atomic mass is 10.2. The van der Waals surface area contributed by atoms with E-state index in [1.54, 1.807) is 44.2 Å². The Labute approximate surface area is 145 Å². The van der Waals surface area contributed by atoms with Crippen molar-refractivity contribution < 1.29 is 23.9 Å². The monoisotopic (exact) mass is 347 g/mol. The zero-order chi connectivity index (χ0) is 18.8.